The number of rotatable bonds is 6. The third kappa shape index (κ3) is 6.12. The first kappa shape index (κ1) is 25.2. The molecule has 1 amide bonds. The lowest BCUT2D eigenvalue weighted by Crippen LogP contribution is -2.64. The highest BCUT2D eigenvalue weighted by molar-refractivity contribution is 7.10. The van der Waals surface area contributed by atoms with E-state index in [1.807, 2.05) is 11.3 Å². The Labute approximate surface area is 193 Å². The molecule has 12 heteroatoms. The Balaban J connectivity index is 0.000000383. The molecule has 0 bridgehead atoms. The molecular formula is C21H27F3N4O4S. The molecule has 2 fully saturated rings. The molecule has 1 unspecified atom stereocenters. The Bertz CT molecular complexity index is 969. The van der Waals surface area contributed by atoms with E-state index < -0.39 is 12.1 Å². The molecule has 2 aliphatic rings. The highest BCUT2D eigenvalue weighted by Crippen LogP contribution is 2.42. The molecular weight excluding hydrogens is 461 g/mol. The zero-order valence-electron chi connectivity index (χ0n) is 18.4. The topological polar surface area (TPSA) is 96.7 Å². The summed E-state index contributed by atoms with van der Waals surface area (Å²) < 4.78 is 39.5. The lowest BCUT2D eigenvalue weighted by atomic mass is 9.79. The number of likely N-dealkylation sites (tertiary alicyclic amines) is 1. The average Bonchev–Trinajstić information content (AvgIpc) is 3.42. The number of ether oxygens (including phenoxy) is 1. The van der Waals surface area contributed by atoms with Gasteiger partial charge in [0.25, 0.3) is 5.91 Å². The van der Waals surface area contributed by atoms with Crippen LogP contribution >= 0.6 is 11.3 Å². The minimum atomic E-state index is -5.08. The fourth-order valence-corrected chi connectivity index (χ4v) is 5.13. The largest absolute Gasteiger partial charge is 0.490 e. The minimum absolute atomic E-state index is 0.00240. The van der Waals surface area contributed by atoms with Gasteiger partial charge in [-0.3, -0.25) is 14.4 Å². The molecule has 33 heavy (non-hydrogen) atoms. The van der Waals surface area contributed by atoms with Gasteiger partial charge in [0.05, 0.1) is 5.60 Å². The first-order valence-electron chi connectivity index (χ1n) is 10.5. The highest BCUT2D eigenvalue weighted by Gasteiger charge is 2.52. The molecule has 2 aliphatic heterocycles. The van der Waals surface area contributed by atoms with E-state index in [1.165, 1.54) is 10.4 Å². The molecule has 0 saturated carbocycles. The number of halogens is 3. The van der Waals surface area contributed by atoms with E-state index in [0.717, 1.165) is 39.1 Å². The molecule has 2 aromatic rings. The summed E-state index contributed by atoms with van der Waals surface area (Å²) >= 11 is 1.84. The summed E-state index contributed by atoms with van der Waals surface area (Å²) in [5.74, 6) is -2.29. The van der Waals surface area contributed by atoms with Crippen molar-refractivity contribution in [3.05, 3.63) is 39.8 Å². The molecule has 0 aromatic carbocycles. The molecule has 182 valence electrons. The normalized spacial score (nSPS) is 19.6. The van der Waals surface area contributed by atoms with Crippen molar-refractivity contribution >= 4 is 23.2 Å². The number of alkyl halides is 3. The first-order valence-corrected chi connectivity index (χ1v) is 11.4. The van der Waals surface area contributed by atoms with Crippen LogP contribution in [0.4, 0.5) is 13.2 Å². The number of carbonyl (C=O) groups excluding carboxylic acids is 1. The Morgan fingerprint density at radius 3 is 2.61 bits per heavy atom. The van der Waals surface area contributed by atoms with Gasteiger partial charge in [-0.05, 0) is 48.8 Å². The van der Waals surface area contributed by atoms with Crippen LogP contribution in [0, 0.1) is 12.8 Å². The van der Waals surface area contributed by atoms with Crippen molar-refractivity contribution < 1.29 is 32.6 Å². The van der Waals surface area contributed by atoms with Crippen molar-refractivity contribution in [2.45, 2.75) is 38.1 Å². The molecule has 0 aliphatic carbocycles. The summed E-state index contributed by atoms with van der Waals surface area (Å²) in [6.45, 7) is 6.74. The molecule has 0 radical (unpaired) electrons. The maximum atomic E-state index is 12.2. The average molecular weight is 489 g/mol. The fraction of sp³-hybridized carbons (Fsp3) is 0.571. The fourth-order valence-electron chi connectivity index (χ4n) is 4.18. The number of aryl methyl sites for hydroxylation is 2. The van der Waals surface area contributed by atoms with Crippen LogP contribution in [0.2, 0.25) is 0 Å². The van der Waals surface area contributed by atoms with Gasteiger partial charge in [-0.15, -0.1) is 11.3 Å². The van der Waals surface area contributed by atoms with Crippen LogP contribution in [0.5, 0.6) is 0 Å². The lowest BCUT2D eigenvalue weighted by Gasteiger charge is -2.50. The van der Waals surface area contributed by atoms with Crippen molar-refractivity contribution in [2.24, 2.45) is 13.0 Å². The number of aromatic nitrogens is 2. The van der Waals surface area contributed by atoms with Crippen molar-refractivity contribution in [1.29, 1.82) is 0 Å². The number of hydrogen-bond donors (Lipinski definition) is 2. The van der Waals surface area contributed by atoms with Crippen LogP contribution in [0.25, 0.3) is 0 Å². The van der Waals surface area contributed by atoms with Crippen LogP contribution < -0.4 is 5.32 Å². The number of carboxylic acids is 1. The first-order chi connectivity index (χ1) is 15.5. The molecule has 2 aromatic heterocycles. The number of hydrogen-bond acceptors (Lipinski definition) is 6. The van der Waals surface area contributed by atoms with Crippen molar-refractivity contribution in [3.8, 4) is 0 Å². The van der Waals surface area contributed by atoms with Gasteiger partial charge >= 0.3 is 12.1 Å². The van der Waals surface area contributed by atoms with Gasteiger partial charge in [0.2, 0.25) is 0 Å². The third-order valence-corrected chi connectivity index (χ3v) is 7.00. The minimum Gasteiger partial charge on any atom is -0.475 e. The Morgan fingerprint density at radius 2 is 2.06 bits per heavy atom. The number of amides is 1. The van der Waals surface area contributed by atoms with E-state index in [1.54, 1.807) is 24.0 Å². The summed E-state index contributed by atoms with van der Waals surface area (Å²) in [6.07, 6.45) is -1.38. The van der Waals surface area contributed by atoms with Crippen LogP contribution in [-0.2, 0) is 23.1 Å². The summed E-state index contributed by atoms with van der Waals surface area (Å²) in [4.78, 5) is 25.0. The van der Waals surface area contributed by atoms with Gasteiger partial charge in [0.15, 0.2) is 0 Å². The number of nitrogens with one attached hydrogen (secondary N) is 1. The Hall–Kier alpha value is -2.44. The van der Waals surface area contributed by atoms with Gasteiger partial charge < -0.3 is 15.2 Å². The maximum Gasteiger partial charge on any atom is 0.490 e. The Kier molecular flexibility index (Phi) is 7.80. The van der Waals surface area contributed by atoms with Crippen LogP contribution in [0.15, 0.2) is 23.7 Å². The highest BCUT2D eigenvalue weighted by atomic mass is 32.1. The maximum absolute atomic E-state index is 12.2. The molecule has 1 spiro atoms. The second kappa shape index (κ2) is 10.2. The number of carbonyl (C=O) groups is 2. The summed E-state index contributed by atoms with van der Waals surface area (Å²) in [5, 5.41) is 16.4. The summed E-state index contributed by atoms with van der Waals surface area (Å²) in [5.41, 5.74) is 1.99. The smallest absolute Gasteiger partial charge is 0.475 e. The molecule has 2 saturated heterocycles. The van der Waals surface area contributed by atoms with Gasteiger partial charge in [0.1, 0.15) is 5.69 Å². The second-order valence-electron chi connectivity index (χ2n) is 8.26. The van der Waals surface area contributed by atoms with Gasteiger partial charge in [-0.2, -0.15) is 18.3 Å². The number of carboxylic acid groups (broad SMARTS) is 1. The summed E-state index contributed by atoms with van der Waals surface area (Å²) in [6, 6.07) is 3.93. The lowest BCUT2D eigenvalue weighted by molar-refractivity contribution is -0.192. The quantitative estimate of drug-likeness (QED) is 0.649. The van der Waals surface area contributed by atoms with Crippen LogP contribution in [-0.4, -0.2) is 69.7 Å². The van der Waals surface area contributed by atoms with E-state index in [0.29, 0.717) is 18.2 Å². The van der Waals surface area contributed by atoms with Crippen LogP contribution in [0.3, 0.4) is 0 Å². The molecule has 4 heterocycles. The molecule has 2 N–H and O–H groups in total. The predicted molar refractivity (Wildman–Crippen MR) is 115 cm³/mol. The van der Waals surface area contributed by atoms with Crippen molar-refractivity contribution in [1.82, 2.24) is 20.0 Å². The monoisotopic (exact) mass is 488 g/mol. The standard InChI is InChI=1S/C19H26N4O2S.C2HF3O2/c1-14-6-10-26-17(14)11-23-12-19(13-23)15(5-9-25-19)3-7-20-18(24)16-4-8-21-22(16)2;3-2(4,5)1(6)7/h4,6,8,10,15H,3,5,7,9,11-13H2,1-2H3,(H,20,24);(H,6,7). The zero-order chi connectivity index (χ0) is 24.2. The van der Waals surface area contributed by atoms with Crippen molar-refractivity contribution in [2.75, 3.05) is 26.2 Å². The van der Waals surface area contributed by atoms with Gasteiger partial charge in [-0.1, -0.05) is 0 Å². The number of thiophene rings is 1. The Morgan fingerprint density at radius 1 is 1.36 bits per heavy atom. The number of nitrogens with zero attached hydrogens (tertiary/aromatic N) is 3. The van der Waals surface area contributed by atoms with Crippen LogP contribution in [0.1, 0.15) is 33.8 Å². The van der Waals surface area contributed by atoms with Gasteiger partial charge in [-0.25, -0.2) is 4.79 Å². The molecule has 1 atom stereocenters. The predicted octanol–water partition coefficient (Wildman–Crippen LogP) is 2.83. The SMILES string of the molecule is Cc1ccsc1CN1CC2(C1)OCCC2CCNC(=O)c1ccnn1C.O=C(O)C(F)(F)F. The third-order valence-electron chi connectivity index (χ3n) is 5.99. The van der Waals surface area contributed by atoms with E-state index in [9.17, 15) is 18.0 Å². The van der Waals surface area contributed by atoms with E-state index in [-0.39, 0.29) is 11.5 Å². The van der Waals surface area contributed by atoms with Crippen molar-refractivity contribution in [3.63, 3.8) is 0 Å². The summed E-state index contributed by atoms with van der Waals surface area (Å²) in [7, 11) is 1.78. The molecule has 8 nitrogen and oxygen atoms in total. The zero-order valence-corrected chi connectivity index (χ0v) is 19.2. The van der Waals surface area contributed by atoms with E-state index in [2.05, 4.69) is 33.7 Å². The van der Waals surface area contributed by atoms with Gasteiger partial charge in [0, 0.05) is 50.9 Å². The number of aliphatic carboxylic acids is 1. The second-order valence-corrected chi connectivity index (χ2v) is 9.26. The molecule has 4 rings (SSSR count). The van der Waals surface area contributed by atoms with E-state index in [4.69, 9.17) is 14.6 Å². The van der Waals surface area contributed by atoms with E-state index >= 15 is 0 Å².